The van der Waals surface area contributed by atoms with E-state index in [1.165, 1.54) is 32.4 Å². The lowest BCUT2D eigenvalue weighted by Gasteiger charge is -2.36. The quantitative estimate of drug-likeness (QED) is 0.319. The van der Waals surface area contributed by atoms with E-state index in [0.717, 1.165) is 0 Å². The minimum Gasteiger partial charge on any atom is -0.543 e. The van der Waals surface area contributed by atoms with Crippen molar-refractivity contribution < 1.29 is 23.5 Å². The summed E-state index contributed by atoms with van der Waals surface area (Å²) in [5.41, 5.74) is 0.982. The predicted octanol–water partition coefficient (Wildman–Crippen LogP) is 4.36. The fraction of sp³-hybridized carbons (Fsp3) is 0.400. The van der Waals surface area contributed by atoms with Gasteiger partial charge in [-0.3, -0.25) is 0 Å². The second-order valence-corrected chi connectivity index (χ2v) is 12.1. The van der Waals surface area contributed by atoms with Crippen LogP contribution >= 0.6 is 0 Å². The minimum absolute atomic E-state index is 0.0628. The molecule has 0 spiro atoms. The molecule has 0 unspecified atom stereocenters. The van der Waals surface area contributed by atoms with E-state index in [0.29, 0.717) is 16.9 Å². The largest absolute Gasteiger partial charge is 0.543 e. The highest BCUT2D eigenvalue weighted by Crippen LogP contribution is 2.37. The first-order valence-corrected chi connectivity index (χ1v) is 11.3. The van der Waals surface area contributed by atoms with Crippen molar-refractivity contribution in [3.8, 4) is 5.75 Å². The summed E-state index contributed by atoms with van der Waals surface area (Å²) in [4.78, 5) is 23.3. The Labute approximate surface area is 156 Å². The third-order valence-electron chi connectivity index (χ3n) is 4.43. The van der Waals surface area contributed by atoms with E-state index in [9.17, 15) is 9.59 Å². The Kier molecular flexibility index (Phi) is 7.38. The number of methoxy groups -OCH3 is 2. The monoisotopic (exact) mass is 376 g/mol. The van der Waals surface area contributed by atoms with E-state index in [1.54, 1.807) is 6.07 Å². The molecule has 26 heavy (non-hydrogen) atoms. The molecule has 0 N–H and O–H groups in total. The first kappa shape index (κ1) is 21.7. The van der Waals surface area contributed by atoms with Crippen LogP contribution < -0.4 is 4.43 Å². The highest BCUT2D eigenvalue weighted by molar-refractivity contribution is 6.74. The van der Waals surface area contributed by atoms with Gasteiger partial charge in [-0.15, -0.1) is 0 Å². The lowest BCUT2D eigenvalue weighted by molar-refractivity contribution is -0.135. The van der Waals surface area contributed by atoms with E-state index >= 15 is 0 Å². The number of ether oxygens (including phenoxy) is 2. The number of carbonyl (C=O) groups excluding carboxylic acids is 2. The van der Waals surface area contributed by atoms with Gasteiger partial charge in [-0.2, -0.15) is 0 Å². The van der Waals surface area contributed by atoms with Crippen LogP contribution in [0.25, 0.3) is 5.57 Å². The molecule has 0 amide bonds. The van der Waals surface area contributed by atoms with Gasteiger partial charge >= 0.3 is 11.9 Å². The second-order valence-electron chi connectivity index (χ2n) is 7.34. The van der Waals surface area contributed by atoms with Gasteiger partial charge in [0.25, 0.3) is 0 Å². The Morgan fingerprint density at radius 1 is 1.08 bits per heavy atom. The standard InChI is InChI=1S/C20H28O5Si/c1-20(2,3)26(6,7)25-16-11-8-10-15(14-16)17(19(22)24-5)12-9-13-18(21)23-4/h8-14H,1-7H3. The van der Waals surface area contributed by atoms with Gasteiger partial charge < -0.3 is 13.9 Å². The highest BCUT2D eigenvalue weighted by atomic mass is 28.4. The van der Waals surface area contributed by atoms with Gasteiger partial charge in [0.05, 0.1) is 19.8 Å². The molecule has 142 valence electrons. The van der Waals surface area contributed by atoms with Gasteiger partial charge in [0.15, 0.2) is 0 Å². The maximum absolute atomic E-state index is 12.1. The Morgan fingerprint density at radius 2 is 1.73 bits per heavy atom. The Bertz CT molecular complexity index is 711. The topological polar surface area (TPSA) is 61.8 Å². The van der Waals surface area contributed by atoms with Crippen molar-refractivity contribution in [2.75, 3.05) is 14.2 Å². The summed E-state index contributed by atoms with van der Waals surface area (Å²) in [5.74, 6) is -0.287. The molecule has 0 atom stereocenters. The van der Waals surface area contributed by atoms with Crippen LogP contribution in [0.2, 0.25) is 18.1 Å². The SMILES string of the molecule is COC(=O)C=CC=C(C(=O)OC)c1cccc(O[Si](C)(C)C(C)(C)C)c1. The molecular weight excluding hydrogens is 348 g/mol. The zero-order chi connectivity index (χ0) is 20.0. The Balaban J connectivity index is 3.21. The van der Waals surface area contributed by atoms with Gasteiger partial charge in [-0.05, 0) is 41.9 Å². The fourth-order valence-electron chi connectivity index (χ4n) is 1.86. The molecule has 0 saturated carbocycles. The summed E-state index contributed by atoms with van der Waals surface area (Å²) < 4.78 is 15.7. The lowest BCUT2D eigenvalue weighted by Crippen LogP contribution is -2.43. The second kappa shape index (κ2) is 8.85. The normalized spacial score (nSPS) is 12.8. The number of carbonyl (C=O) groups is 2. The fourth-order valence-corrected chi connectivity index (χ4v) is 2.88. The molecule has 0 radical (unpaired) electrons. The van der Waals surface area contributed by atoms with Crippen LogP contribution in [0, 0.1) is 0 Å². The van der Waals surface area contributed by atoms with Crippen LogP contribution in [-0.2, 0) is 19.1 Å². The van der Waals surface area contributed by atoms with E-state index in [2.05, 4.69) is 38.6 Å². The van der Waals surface area contributed by atoms with Crippen molar-refractivity contribution >= 4 is 25.8 Å². The van der Waals surface area contributed by atoms with E-state index in [4.69, 9.17) is 9.16 Å². The number of allylic oxidation sites excluding steroid dienone is 2. The average Bonchev–Trinajstić information content (AvgIpc) is 2.56. The third-order valence-corrected chi connectivity index (χ3v) is 8.78. The number of hydrogen-bond acceptors (Lipinski definition) is 5. The van der Waals surface area contributed by atoms with Gasteiger partial charge in [0, 0.05) is 6.08 Å². The van der Waals surface area contributed by atoms with Gasteiger partial charge in [-0.1, -0.05) is 39.0 Å². The van der Waals surface area contributed by atoms with Crippen LogP contribution in [0.4, 0.5) is 0 Å². The van der Waals surface area contributed by atoms with Crippen LogP contribution in [-0.4, -0.2) is 34.5 Å². The molecule has 0 aliphatic heterocycles. The first-order chi connectivity index (χ1) is 12.0. The van der Waals surface area contributed by atoms with Crippen molar-refractivity contribution in [1.82, 2.24) is 0 Å². The van der Waals surface area contributed by atoms with Gasteiger partial charge in [0.2, 0.25) is 8.32 Å². The van der Waals surface area contributed by atoms with E-state index in [1.807, 2.05) is 18.2 Å². The van der Waals surface area contributed by atoms with Crippen molar-refractivity contribution in [3.63, 3.8) is 0 Å². The van der Waals surface area contributed by atoms with Crippen LogP contribution in [0.5, 0.6) is 5.75 Å². The van der Waals surface area contributed by atoms with E-state index < -0.39 is 20.3 Å². The molecule has 1 aromatic carbocycles. The molecule has 0 aliphatic carbocycles. The molecule has 0 saturated heterocycles. The predicted molar refractivity (Wildman–Crippen MR) is 105 cm³/mol. The summed E-state index contributed by atoms with van der Waals surface area (Å²) >= 11 is 0. The minimum atomic E-state index is -1.99. The lowest BCUT2D eigenvalue weighted by atomic mass is 10.1. The van der Waals surface area contributed by atoms with Gasteiger partial charge in [0.1, 0.15) is 5.75 Å². The molecule has 0 heterocycles. The molecule has 0 fully saturated rings. The summed E-state index contributed by atoms with van der Waals surface area (Å²) in [6, 6.07) is 7.32. The molecule has 0 bridgehead atoms. The zero-order valence-corrected chi connectivity index (χ0v) is 17.6. The molecule has 1 rings (SSSR count). The number of esters is 2. The van der Waals surface area contributed by atoms with Crippen molar-refractivity contribution in [1.29, 1.82) is 0 Å². The maximum Gasteiger partial charge on any atom is 0.338 e. The van der Waals surface area contributed by atoms with Crippen molar-refractivity contribution in [3.05, 3.63) is 48.1 Å². The maximum atomic E-state index is 12.1. The highest BCUT2D eigenvalue weighted by Gasteiger charge is 2.39. The van der Waals surface area contributed by atoms with Crippen LogP contribution in [0.1, 0.15) is 26.3 Å². The van der Waals surface area contributed by atoms with Crippen molar-refractivity contribution in [2.45, 2.75) is 38.9 Å². The summed E-state index contributed by atoms with van der Waals surface area (Å²) in [5, 5.41) is 0.0628. The molecule has 5 nitrogen and oxygen atoms in total. The molecule has 0 aromatic heterocycles. The summed E-state index contributed by atoms with van der Waals surface area (Å²) in [6.45, 7) is 10.8. The number of rotatable bonds is 6. The Hall–Kier alpha value is -2.34. The van der Waals surface area contributed by atoms with Crippen LogP contribution in [0.3, 0.4) is 0 Å². The Morgan fingerprint density at radius 3 is 2.27 bits per heavy atom. The van der Waals surface area contributed by atoms with Crippen LogP contribution in [0.15, 0.2) is 42.5 Å². The molecule has 0 aliphatic rings. The number of hydrogen-bond donors (Lipinski definition) is 0. The van der Waals surface area contributed by atoms with Gasteiger partial charge in [-0.25, -0.2) is 9.59 Å². The molecular formula is C20H28O5Si. The smallest absolute Gasteiger partial charge is 0.338 e. The van der Waals surface area contributed by atoms with Crippen molar-refractivity contribution in [2.24, 2.45) is 0 Å². The summed E-state index contributed by atoms with van der Waals surface area (Å²) in [7, 11) is 0.612. The average molecular weight is 377 g/mol. The number of benzene rings is 1. The molecule has 6 heteroatoms. The first-order valence-electron chi connectivity index (χ1n) is 8.36. The zero-order valence-electron chi connectivity index (χ0n) is 16.6. The summed E-state index contributed by atoms with van der Waals surface area (Å²) in [6.07, 6.45) is 4.21. The third kappa shape index (κ3) is 5.88. The molecule has 1 aromatic rings. The van der Waals surface area contributed by atoms with E-state index in [-0.39, 0.29) is 5.04 Å².